The third-order valence-corrected chi connectivity index (χ3v) is 5.55. The van der Waals surface area contributed by atoms with Crippen LogP contribution < -0.4 is 5.32 Å². The summed E-state index contributed by atoms with van der Waals surface area (Å²) < 4.78 is 18.8. The highest BCUT2D eigenvalue weighted by atomic mass is 32.1. The first-order valence-electron chi connectivity index (χ1n) is 8.36. The molecule has 0 spiro atoms. The van der Waals surface area contributed by atoms with Crippen LogP contribution in [0.2, 0.25) is 0 Å². The van der Waals surface area contributed by atoms with Gasteiger partial charge in [-0.05, 0) is 50.3 Å². The van der Waals surface area contributed by atoms with E-state index in [0.717, 1.165) is 24.8 Å². The van der Waals surface area contributed by atoms with Gasteiger partial charge in [-0.3, -0.25) is 4.79 Å². The quantitative estimate of drug-likeness (QED) is 0.620. The summed E-state index contributed by atoms with van der Waals surface area (Å²) in [5, 5.41) is 3.73. The number of esters is 1. The Hall–Kier alpha value is -2.21. The second-order valence-corrected chi connectivity index (χ2v) is 7.13. The minimum Gasteiger partial charge on any atom is -0.462 e. The molecule has 1 aromatic heterocycles. The van der Waals surface area contributed by atoms with Crippen molar-refractivity contribution in [3.63, 3.8) is 0 Å². The molecule has 1 aliphatic carbocycles. The highest BCUT2D eigenvalue weighted by Gasteiger charge is 2.27. The van der Waals surface area contributed by atoms with Gasteiger partial charge in [-0.15, -0.1) is 11.3 Å². The summed E-state index contributed by atoms with van der Waals surface area (Å²) in [6.07, 6.45) is 2.85. The molecule has 3 rings (SSSR count). The van der Waals surface area contributed by atoms with Gasteiger partial charge in [0.25, 0.3) is 0 Å². The molecule has 6 heteroatoms. The summed E-state index contributed by atoms with van der Waals surface area (Å²) in [4.78, 5) is 25.8. The van der Waals surface area contributed by atoms with Crippen molar-refractivity contribution in [2.75, 3.05) is 18.5 Å². The summed E-state index contributed by atoms with van der Waals surface area (Å²) in [7, 11) is 0. The number of fused-ring (bicyclic) bond motifs is 1. The van der Waals surface area contributed by atoms with Gasteiger partial charge >= 0.3 is 5.97 Å². The molecule has 0 aliphatic heterocycles. The van der Waals surface area contributed by atoms with Gasteiger partial charge in [0.1, 0.15) is 10.8 Å². The van der Waals surface area contributed by atoms with Gasteiger partial charge < -0.3 is 10.1 Å². The minimum absolute atomic E-state index is 0.00823. The van der Waals surface area contributed by atoms with Gasteiger partial charge in [0.2, 0.25) is 0 Å². The molecule has 0 amide bonds. The number of hydrogen-bond donors (Lipinski definition) is 1. The number of halogens is 1. The number of Topliss-reactive ketones (excluding diaryl/α,β-unsaturated/α-hetero) is 1. The molecule has 0 saturated heterocycles. The lowest BCUT2D eigenvalue weighted by Gasteiger charge is -2.09. The van der Waals surface area contributed by atoms with E-state index < -0.39 is 5.82 Å². The second kappa shape index (κ2) is 7.35. The Bertz CT molecular complexity index is 828. The van der Waals surface area contributed by atoms with Crippen LogP contribution in [0.25, 0.3) is 0 Å². The van der Waals surface area contributed by atoms with Crippen LogP contribution in [0, 0.1) is 12.7 Å². The third kappa shape index (κ3) is 3.58. The summed E-state index contributed by atoms with van der Waals surface area (Å²) in [5.74, 6) is -0.964. The Kier molecular flexibility index (Phi) is 5.18. The number of ether oxygens (including phenoxy) is 1. The number of nitrogens with one attached hydrogen (secondary N) is 1. The fourth-order valence-electron chi connectivity index (χ4n) is 2.98. The van der Waals surface area contributed by atoms with Crippen LogP contribution in [0.15, 0.2) is 18.2 Å². The Labute approximate surface area is 150 Å². The summed E-state index contributed by atoms with van der Waals surface area (Å²) in [6, 6.07) is 4.45. The molecular weight excluding hydrogens is 341 g/mol. The largest absolute Gasteiger partial charge is 0.462 e. The summed E-state index contributed by atoms with van der Waals surface area (Å²) >= 11 is 1.51. The van der Waals surface area contributed by atoms with Gasteiger partial charge in [0.05, 0.1) is 18.7 Å². The van der Waals surface area contributed by atoms with Gasteiger partial charge in [-0.1, -0.05) is 12.1 Å². The van der Waals surface area contributed by atoms with Crippen molar-refractivity contribution in [1.29, 1.82) is 0 Å². The lowest BCUT2D eigenvalue weighted by atomic mass is 10.1. The fourth-order valence-corrected chi connectivity index (χ4v) is 4.25. The summed E-state index contributed by atoms with van der Waals surface area (Å²) in [6.45, 7) is 3.74. The van der Waals surface area contributed by atoms with E-state index in [1.807, 2.05) is 0 Å². The molecule has 132 valence electrons. The normalized spacial score (nSPS) is 12.8. The number of anilines is 1. The van der Waals surface area contributed by atoms with E-state index in [9.17, 15) is 14.0 Å². The highest BCUT2D eigenvalue weighted by molar-refractivity contribution is 7.16. The van der Waals surface area contributed by atoms with Crippen molar-refractivity contribution >= 4 is 28.1 Å². The Morgan fingerprint density at radius 2 is 2.12 bits per heavy atom. The average Bonchev–Trinajstić information content (AvgIpc) is 3.15. The molecule has 4 nitrogen and oxygen atoms in total. The molecule has 1 heterocycles. The van der Waals surface area contributed by atoms with Crippen LogP contribution in [0.1, 0.15) is 50.1 Å². The Balaban J connectivity index is 1.78. The number of carbonyl (C=O) groups excluding carboxylic acids is 2. The van der Waals surface area contributed by atoms with Crippen molar-refractivity contribution in [2.45, 2.75) is 33.1 Å². The van der Waals surface area contributed by atoms with E-state index in [4.69, 9.17) is 4.74 Å². The van der Waals surface area contributed by atoms with Crippen LogP contribution in [-0.2, 0) is 17.6 Å². The maximum Gasteiger partial charge on any atom is 0.341 e. The number of ketones is 1. The van der Waals surface area contributed by atoms with Crippen LogP contribution in [-0.4, -0.2) is 24.9 Å². The van der Waals surface area contributed by atoms with Crippen LogP contribution in [0.4, 0.5) is 9.39 Å². The molecule has 25 heavy (non-hydrogen) atoms. The number of hydrogen-bond acceptors (Lipinski definition) is 5. The zero-order chi connectivity index (χ0) is 18.0. The van der Waals surface area contributed by atoms with E-state index >= 15 is 0 Å². The second-order valence-electron chi connectivity index (χ2n) is 6.02. The lowest BCUT2D eigenvalue weighted by Crippen LogP contribution is -2.16. The third-order valence-electron chi connectivity index (χ3n) is 4.30. The van der Waals surface area contributed by atoms with E-state index in [1.165, 1.54) is 22.3 Å². The first-order valence-corrected chi connectivity index (χ1v) is 9.17. The summed E-state index contributed by atoms with van der Waals surface area (Å²) in [5.41, 5.74) is 2.42. The topological polar surface area (TPSA) is 55.4 Å². The van der Waals surface area contributed by atoms with Crippen molar-refractivity contribution in [2.24, 2.45) is 0 Å². The molecule has 1 N–H and O–H groups in total. The predicted molar refractivity (Wildman–Crippen MR) is 96.3 cm³/mol. The first-order chi connectivity index (χ1) is 12.0. The zero-order valence-corrected chi connectivity index (χ0v) is 15.1. The maximum absolute atomic E-state index is 13.6. The average molecular weight is 361 g/mol. The van der Waals surface area contributed by atoms with Gasteiger partial charge in [-0.25, -0.2) is 9.18 Å². The Morgan fingerprint density at radius 1 is 1.32 bits per heavy atom. The van der Waals surface area contributed by atoms with Gasteiger partial charge in [0, 0.05) is 10.4 Å². The standard InChI is InChI=1S/C19H20FNO3S/c1-3-24-19(23)17-13-5-4-6-16(13)25-18(17)21-10-15(22)12-8-7-11(2)14(20)9-12/h7-9,21H,3-6,10H2,1-2H3. The molecule has 0 radical (unpaired) electrons. The molecular formula is C19H20FNO3S. The maximum atomic E-state index is 13.6. The Morgan fingerprint density at radius 3 is 2.84 bits per heavy atom. The van der Waals surface area contributed by atoms with E-state index in [2.05, 4.69) is 5.32 Å². The molecule has 2 aromatic rings. The smallest absolute Gasteiger partial charge is 0.341 e. The molecule has 0 bridgehead atoms. The molecule has 0 fully saturated rings. The predicted octanol–water partition coefficient (Wildman–Crippen LogP) is 4.16. The van der Waals surface area contributed by atoms with Crippen molar-refractivity contribution in [3.8, 4) is 0 Å². The van der Waals surface area contributed by atoms with Gasteiger partial charge in [-0.2, -0.15) is 0 Å². The number of carbonyl (C=O) groups is 2. The van der Waals surface area contributed by atoms with E-state index in [0.29, 0.717) is 28.3 Å². The highest BCUT2D eigenvalue weighted by Crippen LogP contribution is 2.39. The number of aryl methyl sites for hydroxylation is 2. The monoisotopic (exact) mass is 361 g/mol. The molecule has 1 aromatic carbocycles. The van der Waals surface area contributed by atoms with Crippen LogP contribution in [0.5, 0.6) is 0 Å². The van der Waals surface area contributed by atoms with Gasteiger partial charge in [0.15, 0.2) is 5.78 Å². The van der Waals surface area contributed by atoms with Crippen molar-refractivity contribution in [1.82, 2.24) is 0 Å². The molecule has 1 aliphatic rings. The minimum atomic E-state index is -0.395. The number of rotatable bonds is 6. The van der Waals surface area contributed by atoms with Crippen molar-refractivity contribution in [3.05, 3.63) is 51.1 Å². The number of thiophene rings is 1. The molecule has 0 saturated carbocycles. The lowest BCUT2D eigenvalue weighted by molar-refractivity contribution is 0.0526. The number of benzene rings is 1. The van der Waals surface area contributed by atoms with E-state index in [-0.39, 0.29) is 18.3 Å². The van der Waals surface area contributed by atoms with Crippen LogP contribution >= 0.6 is 11.3 Å². The van der Waals surface area contributed by atoms with E-state index in [1.54, 1.807) is 26.0 Å². The fraction of sp³-hybridized carbons (Fsp3) is 0.368. The molecule has 0 atom stereocenters. The van der Waals surface area contributed by atoms with Crippen molar-refractivity contribution < 1.29 is 18.7 Å². The molecule has 0 unspecified atom stereocenters. The zero-order valence-electron chi connectivity index (χ0n) is 14.3. The first kappa shape index (κ1) is 17.6. The SMILES string of the molecule is CCOC(=O)c1c(NCC(=O)c2ccc(C)c(F)c2)sc2c1CCC2. The van der Waals surface area contributed by atoms with Crippen LogP contribution in [0.3, 0.4) is 0 Å².